The van der Waals surface area contributed by atoms with E-state index >= 15 is 0 Å². The van der Waals surface area contributed by atoms with Crippen molar-refractivity contribution in [3.63, 3.8) is 0 Å². The lowest BCUT2D eigenvalue weighted by atomic mass is 10.0. The summed E-state index contributed by atoms with van der Waals surface area (Å²) in [5.41, 5.74) is 0.0402. The Morgan fingerprint density at radius 3 is 2.58 bits per heavy atom. The van der Waals surface area contributed by atoms with E-state index in [0.29, 0.717) is 29.8 Å². The van der Waals surface area contributed by atoms with Gasteiger partial charge in [0.25, 0.3) is 0 Å². The van der Waals surface area contributed by atoms with Crippen LogP contribution in [0.5, 0.6) is 0 Å². The first kappa shape index (κ1) is 22.5. The number of hydrogen-bond acceptors (Lipinski definition) is 8. The van der Waals surface area contributed by atoms with Crippen molar-refractivity contribution in [3.8, 4) is 6.07 Å². The van der Waals surface area contributed by atoms with Crippen LogP contribution in [0.2, 0.25) is 0 Å². The summed E-state index contributed by atoms with van der Waals surface area (Å²) in [6, 6.07) is 4.50. The van der Waals surface area contributed by atoms with Crippen molar-refractivity contribution in [2.24, 2.45) is 7.05 Å². The number of nitrogens with zero attached hydrogens (tertiary/aromatic N) is 6. The maximum Gasteiger partial charge on any atom is 0.410 e. The van der Waals surface area contributed by atoms with Crippen molar-refractivity contribution in [1.29, 1.82) is 5.26 Å². The quantitative estimate of drug-likeness (QED) is 0.778. The Kier molecular flexibility index (Phi) is 6.18. The van der Waals surface area contributed by atoms with E-state index in [1.165, 1.54) is 4.57 Å². The van der Waals surface area contributed by atoms with E-state index in [1.54, 1.807) is 44.9 Å². The molecule has 10 nitrogen and oxygen atoms in total. The van der Waals surface area contributed by atoms with E-state index in [0.717, 1.165) is 0 Å². The van der Waals surface area contributed by atoms with Crippen LogP contribution in [0.15, 0.2) is 16.9 Å². The third kappa shape index (κ3) is 4.46. The van der Waals surface area contributed by atoms with E-state index in [-0.39, 0.29) is 24.9 Å². The monoisotopic (exact) mass is 428 g/mol. The van der Waals surface area contributed by atoms with Gasteiger partial charge in [0, 0.05) is 20.1 Å². The number of anilines is 1. The number of carbonyl (C=O) groups is 1. The van der Waals surface area contributed by atoms with Gasteiger partial charge in [0.15, 0.2) is 5.82 Å². The van der Waals surface area contributed by atoms with Gasteiger partial charge in [0.1, 0.15) is 22.9 Å². The molecule has 3 rings (SSSR count). The van der Waals surface area contributed by atoms with Crippen LogP contribution >= 0.6 is 0 Å². The Balaban J connectivity index is 2.06. The van der Waals surface area contributed by atoms with E-state index in [2.05, 4.69) is 9.97 Å². The molecule has 1 aliphatic rings. The van der Waals surface area contributed by atoms with Crippen molar-refractivity contribution in [2.75, 3.05) is 24.6 Å². The Morgan fingerprint density at radius 2 is 2.00 bits per heavy atom. The molecule has 31 heavy (non-hydrogen) atoms. The highest BCUT2D eigenvalue weighted by Crippen LogP contribution is 2.28. The highest BCUT2D eigenvalue weighted by molar-refractivity contribution is 5.86. The number of aliphatic hydroxyl groups is 1. The largest absolute Gasteiger partial charge is 0.444 e. The van der Waals surface area contributed by atoms with Gasteiger partial charge < -0.3 is 19.6 Å². The number of rotatable bonds is 3. The average molecular weight is 428 g/mol. The van der Waals surface area contributed by atoms with Crippen molar-refractivity contribution in [2.45, 2.75) is 51.8 Å². The molecule has 1 saturated heterocycles. The number of carbonyl (C=O) groups excluding carboxylic acids is 1. The fraction of sp³-hybridized carbons (Fsp3) is 0.571. The average Bonchev–Trinajstić information content (AvgIpc) is 2.73. The van der Waals surface area contributed by atoms with Crippen LogP contribution in [0.1, 0.15) is 39.8 Å². The molecule has 0 spiro atoms. The molecule has 2 aromatic heterocycles. The molecular formula is C21H28N6O4. The van der Waals surface area contributed by atoms with Gasteiger partial charge in [-0.3, -0.25) is 4.57 Å². The molecule has 166 valence electrons. The Bertz CT molecular complexity index is 1080. The van der Waals surface area contributed by atoms with Crippen molar-refractivity contribution >= 4 is 22.9 Å². The van der Waals surface area contributed by atoms with Gasteiger partial charge >= 0.3 is 11.8 Å². The first-order chi connectivity index (χ1) is 14.6. The first-order valence-corrected chi connectivity index (χ1v) is 10.2. The lowest BCUT2D eigenvalue weighted by molar-refractivity contribution is 0.00773. The van der Waals surface area contributed by atoms with E-state index < -0.39 is 23.4 Å². The number of hydrogen-bond donors (Lipinski definition) is 1. The number of ether oxygens (including phenoxy) is 1. The molecule has 0 aromatic carbocycles. The smallest absolute Gasteiger partial charge is 0.410 e. The standard InChI is InChI=1S/C21H28N6O4/c1-6-14-10-26(15(12-28)11-27(14)20(30)31-21(2,3)4)18-17-16(25(5)19(29)24-18)8-7-13(9-22)23-17/h7-8,14-15,28H,6,10-12H2,1-5H3/t14-,15?/m1/s1. The van der Waals surface area contributed by atoms with Crippen molar-refractivity contribution in [3.05, 3.63) is 28.3 Å². The number of aliphatic hydroxyl groups excluding tert-OH is 1. The predicted octanol–water partition coefficient (Wildman–Crippen LogP) is 1.40. The molecule has 1 amide bonds. The van der Waals surface area contributed by atoms with E-state index in [9.17, 15) is 20.0 Å². The van der Waals surface area contributed by atoms with Gasteiger partial charge in [-0.15, -0.1) is 0 Å². The van der Waals surface area contributed by atoms with Crippen LogP contribution in [0, 0.1) is 11.3 Å². The second-order valence-electron chi connectivity index (χ2n) is 8.64. The summed E-state index contributed by atoms with van der Waals surface area (Å²) in [7, 11) is 1.59. The summed E-state index contributed by atoms with van der Waals surface area (Å²) in [4.78, 5) is 37.3. The minimum absolute atomic E-state index is 0.203. The third-order valence-electron chi connectivity index (χ3n) is 5.33. The molecule has 1 fully saturated rings. The minimum atomic E-state index is -0.637. The van der Waals surface area contributed by atoms with Gasteiger partial charge in [0.05, 0.1) is 24.2 Å². The number of nitriles is 1. The van der Waals surface area contributed by atoms with Crippen LogP contribution in [0.25, 0.3) is 11.0 Å². The molecule has 1 N–H and O–H groups in total. The summed E-state index contributed by atoms with van der Waals surface area (Å²) in [5, 5.41) is 19.4. The molecule has 3 heterocycles. The Labute approximate surface area is 180 Å². The molecule has 0 bridgehead atoms. The lowest BCUT2D eigenvalue weighted by Gasteiger charge is -2.46. The van der Waals surface area contributed by atoms with Crippen LogP contribution in [0.4, 0.5) is 10.6 Å². The number of pyridine rings is 1. The van der Waals surface area contributed by atoms with Crippen molar-refractivity contribution in [1.82, 2.24) is 19.4 Å². The van der Waals surface area contributed by atoms with E-state index in [4.69, 9.17) is 4.74 Å². The number of aromatic nitrogens is 3. The predicted molar refractivity (Wildman–Crippen MR) is 115 cm³/mol. The topological polar surface area (TPSA) is 125 Å². The maximum absolute atomic E-state index is 12.8. The fourth-order valence-corrected chi connectivity index (χ4v) is 3.73. The number of amides is 1. The maximum atomic E-state index is 12.8. The van der Waals surface area contributed by atoms with Crippen LogP contribution in [-0.4, -0.2) is 68.0 Å². The molecule has 2 atom stereocenters. The molecular weight excluding hydrogens is 400 g/mol. The van der Waals surface area contributed by atoms with Crippen LogP contribution in [0.3, 0.4) is 0 Å². The summed E-state index contributed by atoms with van der Waals surface area (Å²) in [6.07, 6.45) is 0.206. The normalized spacial score (nSPS) is 19.4. The molecule has 2 aromatic rings. The summed E-state index contributed by atoms with van der Waals surface area (Å²) >= 11 is 0. The van der Waals surface area contributed by atoms with Gasteiger partial charge in [-0.25, -0.2) is 14.6 Å². The summed E-state index contributed by atoms with van der Waals surface area (Å²) in [5.74, 6) is 0.302. The zero-order chi connectivity index (χ0) is 22.9. The molecule has 1 unspecified atom stereocenters. The first-order valence-electron chi connectivity index (χ1n) is 10.2. The lowest BCUT2D eigenvalue weighted by Crippen LogP contribution is -2.62. The number of aryl methyl sites for hydroxylation is 1. The minimum Gasteiger partial charge on any atom is -0.444 e. The van der Waals surface area contributed by atoms with Gasteiger partial charge in [-0.05, 0) is 39.3 Å². The zero-order valence-electron chi connectivity index (χ0n) is 18.5. The van der Waals surface area contributed by atoms with Gasteiger partial charge in [-0.2, -0.15) is 10.2 Å². The zero-order valence-corrected chi connectivity index (χ0v) is 18.5. The molecule has 0 saturated carbocycles. The Hall–Kier alpha value is -3.19. The second-order valence-corrected chi connectivity index (χ2v) is 8.64. The summed E-state index contributed by atoms with van der Waals surface area (Å²) in [6.45, 7) is 7.67. The Morgan fingerprint density at radius 1 is 1.29 bits per heavy atom. The van der Waals surface area contributed by atoms with Crippen LogP contribution < -0.4 is 10.6 Å². The van der Waals surface area contributed by atoms with Crippen LogP contribution in [-0.2, 0) is 11.8 Å². The molecule has 0 aliphatic carbocycles. The number of fused-ring (bicyclic) bond motifs is 1. The molecule has 0 radical (unpaired) electrons. The fourth-order valence-electron chi connectivity index (χ4n) is 3.73. The molecule has 1 aliphatic heterocycles. The highest BCUT2D eigenvalue weighted by Gasteiger charge is 2.38. The SMILES string of the molecule is CC[C@@H]1CN(c2nc(=O)n(C)c3ccc(C#N)nc23)C(CO)CN1C(=O)OC(C)(C)C. The van der Waals surface area contributed by atoms with Gasteiger partial charge in [0.2, 0.25) is 0 Å². The second kappa shape index (κ2) is 8.51. The van der Waals surface area contributed by atoms with E-state index in [1.807, 2.05) is 17.9 Å². The van der Waals surface area contributed by atoms with Crippen molar-refractivity contribution < 1.29 is 14.6 Å². The molecule has 10 heteroatoms. The van der Waals surface area contributed by atoms with Gasteiger partial charge in [-0.1, -0.05) is 6.92 Å². The third-order valence-corrected chi connectivity index (χ3v) is 5.33. The summed E-state index contributed by atoms with van der Waals surface area (Å²) < 4.78 is 6.92. The highest BCUT2D eigenvalue weighted by atomic mass is 16.6. The number of piperazine rings is 1.